The van der Waals surface area contributed by atoms with Gasteiger partial charge in [0.2, 0.25) is 0 Å². The van der Waals surface area contributed by atoms with Gasteiger partial charge in [-0.25, -0.2) is 0 Å². The van der Waals surface area contributed by atoms with Crippen molar-refractivity contribution in [2.75, 3.05) is 0 Å². The number of rotatable bonds is 14. The first-order valence-corrected chi connectivity index (χ1v) is 10.6. The average Bonchev–Trinajstić information content (AvgIpc) is 3.41. The molecule has 29 heavy (non-hydrogen) atoms. The summed E-state index contributed by atoms with van der Waals surface area (Å²) in [4.78, 5) is 21.7. The Hall–Kier alpha value is -2.24. The van der Waals surface area contributed by atoms with Crippen LogP contribution in [0, 0.1) is 5.41 Å². The van der Waals surface area contributed by atoms with Gasteiger partial charge in [-0.2, -0.15) is 0 Å². The first kappa shape index (κ1) is 23.0. The molecular weight excluding hydrogens is 372 g/mol. The van der Waals surface area contributed by atoms with Crippen molar-refractivity contribution >= 4 is 12.4 Å². The Morgan fingerprint density at radius 3 is 2.17 bits per heavy atom. The van der Waals surface area contributed by atoms with Crippen molar-refractivity contribution in [2.24, 2.45) is 5.41 Å². The Bertz CT molecular complexity index is 706. The van der Waals surface area contributed by atoms with E-state index in [0.717, 1.165) is 62.5 Å². The zero-order chi connectivity index (χ0) is 21.5. The second kappa shape index (κ2) is 9.99. The fraction of sp³-hybridized carbons (Fsp3) is 0.652. The predicted molar refractivity (Wildman–Crippen MR) is 110 cm³/mol. The van der Waals surface area contributed by atoms with Gasteiger partial charge in [0.25, 0.3) is 6.47 Å². The van der Waals surface area contributed by atoms with Crippen molar-refractivity contribution in [3.05, 3.63) is 23.3 Å². The van der Waals surface area contributed by atoms with Crippen LogP contribution in [-0.2, 0) is 27.2 Å². The molecule has 2 rings (SSSR count). The Morgan fingerprint density at radius 1 is 1.07 bits per heavy atom. The topological polar surface area (TPSA) is 104 Å². The highest BCUT2D eigenvalue weighted by Gasteiger charge is 2.44. The number of carbonyl (C=O) groups excluding carboxylic acids is 1. The van der Waals surface area contributed by atoms with Crippen molar-refractivity contribution in [1.29, 1.82) is 0 Å². The second-order valence-electron chi connectivity index (χ2n) is 8.97. The fourth-order valence-corrected chi connectivity index (χ4v) is 3.72. The molecule has 0 heterocycles. The number of aliphatic carboxylic acids is 1. The van der Waals surface area contributed by atoms with Gasteiger partial charge in [0.15, 0.2) is 0 Å². The van der Waals surface area contributed by atoms with Crippen LogP contribution in [0.25, 0.3) is 0 Å². The van der Waals surface area contributed by atoms with Crippen molar-refractivity contribution in [3.63, 3.8) is 0 Å². The number of unbranched alkanes of at least 4 members (excludes halogenated alkanes) is 3. The lowest BCUT2D eigenvalue weighted by Crippen LogP contribution is -2.23. The van der Waals surface area contributed by atoms with Crippen LogP contribution in [-0.4, -0.2) is 33.4 Å². The molecule has 1 aromatic carbocycles. The molecule has 1 fully saturated rings. The lowest BCUT2D eigenvalue weighted by atomic mass is 9.87. The van der Waals surface area contributed by atoms with Crippen LogP contribution in [0.5, 0.6) is 11.5 Å². The minimum Gasteiger partial charge on any atom is -0.508 e. The van der Waals surface area contributed by atoms with Gasteiger partial charge < -0.3 is 20.1 Å². The molecule has 162 valence electrons. The van der Waals surface area contributed by atoms with Crippen LogP contribution in [0.3, 0.4) is 0 Å². The maximum absolute atomic E-state index is 11.1. The zero-order valence-corrected chi connectivity index (χ0v) is 17.6. The van der Waals surface area contributed by atoms with Gasteiger partial charge >= 0.3 is 5.97 Å². The van der Waals surface area contributed by atoms with Crippen molar-refractivity contribution < 1.29 is 29.6 Å². The van der Waals surface area contributed by atoms with Crippen LogP contribution >= 0.6 is 0 Å². The Morgan fingerprint density at radius 2 is 1.66 bits per heavy atom. The van der Waals surface area contributed by atoms with E-state index >= 15 is 0 Å². The number of phenols is 2. The number of hydrogen-bond donors (Lipinski definition) is 3. The highest BCUT2D eigenvalue weighted by atomic mass is 16.5. The molecule has 6 nitrogen and oxygen atoms in total. The molecule has 0 aliphatic heterocycles. The van der Waals surface area contributed by atoms with E-state index in [9.17, 15) is 19.8 Å². The number of aryl methyl sites for hydroxylation is 2. The number of aromatic hydroxyl groups is 2. The largest absolute Gasteiger partial charge is 0.508 e. The third-order valence-corrected chi connectivity index (χ3v) is 6.01. The predicted octanol–water partition coefficient (Wildman–Crippen LogP) is 4.73. The molecule has 1 saturated carbocycles. The molecule has 6 heteroatoms. The normalized spacial score (nSPS) is 15.1. The quantitative estimate of drug-likeness (QED) is 0.234. The monoisotopic (exact) mass is 406 g/mol. The summed E-state index contributed by atoms with van der Waals surface area (Å²) in [7, 11) is 0. The maximum Gasteiger partial charge on any atom is 0.309 e. The van der Waals surface area contributed by atoms with Gasteiger partial charge in [0, 0.05) is 0 Å². The lowest BCUT2D eigenvalue weighted by Gasteiger charge is -2.18. The summed E-state index contributed by atoms with van der Waals surface area (Å²) in [5.41, 5.74) is 0.521. The standard InChI is InChI=1S/C23H34O6/c1-22(2,21(27)28)10-6-3-4-8-17-14-19(25)15-18(20(17)26)9-5-7-11-23(12-13-23)29-16-24/h14-16,25-26H,3-13H2,1-2H3,(H,27,28). The van der Waals surface area contributed by atoms with Crippen molar-refractivity contribution in [2.45, 2.75) is 90.1 Å². The van der Waals surface area contributed by atoms with Crippen LogP contribution < -0.4 is 0 Å². The van der Waals surface area contributed by atoms with Gasteiger partial charge in [-0.15, -0.1) is 0 Å². The zero-order valence-electron chi connectivity index (χ0n) is 17.6. The molecular formula is C23H34O6. The summed E-state index contributed by atoms with van der Waals surface area (Å²) in [6.45, 7) is 4.00. The van der Waals surface area contributed by atoms with E-state index in [4.69, 9.17) is 9.84 Å². The highest BCUT2D eigenvalue weighted by molar-refractivity contribution is 5.73. The molecule has 0 saturated heterocycles. The SMILES string of the molecule is CC(C)(CCCCCc1cc(O)cc(CCCCC2(OC=O)CC2)c1O)C(=O)O. The van der Waals surface area contributed by atoms with E-state index in [1.165, 1.54) is 0 Å². The molecule has 1 aliphatic carbocycles. The maximum atomic E-state index is 11.1. The Labute approximate surface area is 172 Å². The van der Waals surface area contributed by atoms with E-state index in [0.29, 0.717) is 25.7 Å². The fourth-order valence-electron chi connectivity index (χ4n) is 3.72. The molecule has 1 aliphatic rings. The van der Waals surface area contributed by atoms with E-state index in [2.05, 4.69) is 0 Å². The van der Waals surface area contributed by atoms with Gasteiger partial charge in [-0.3, -0.25) is 9.59 Å². The van der Waals surface area contributed by atoms with Crippen LogP contribution in [0.15, 0.2) is 12.1 Å². The molecule has 0 amide bonds. The summed E-state index contributed by atoms with van der Waals surface area (Å²) in [5, 5.41) is 29.7. The van der Waals surface area contributed by atoms with Gasteiger partial charge in [-0.1, -0.05) is 12.8 Å². The van der Waals surface area contributed by atoms with Gasteiger partial charge in [0.1, 0.15) is 17.1 Å². The molecule has 0 bridgehead atoms. The Kier molecular flexibility index (Phi) is 7.94. The third kappa shape index (κ3) is 6.94. The van der Waals surface area contributed by atoms with Crippen LogP contribution in [0.2, 0.25) is 0 Å². The molecule has 0 atom stereocenters. The number of benzene rings is 1. The van der Waals surface area contributed by atoms with Crippen molar-refractivity contribution in [1.82, 2.24) is 0 Å². The minimum absolute atomic E-state index is 0.155. The number of carboxylic acids is 1. The number of phenolic OH excluding ortho intramolecular Hbond substituents is 2. The molecule has 0 aromatic heterocycles. The number of carbonyl (C=O) groups is 2. The smallest absolute Gasteiger partial charge is 0.309 e. The summed E-state index contributed by atoms with van der Waals surface area (Å²) >= 11 is 0. The molecule has 0 radical (unpaired) electrons. The molecule has 3 N–H and O–H groups in total. The minimum atomic E-state index is -0.780. The van der Waals surface area contributed by atoms with E-state index in [-0.39, 0.29) is 17.1 Å². The first-order valence-electron chi connectivity index (χ1n) is 10.6. The highest BCUT2D eigenvalue weighted by Crippen LogP contribution is 2.43. The van der Waals surface area contributed by atoms with E-state index in [1.807, 2.05) is 0 Å². The summed E-state index contributed by atoms with van der Waals surface area (Å²) in [6.07, 6.45) is 8.90. The van der Waals surface area contributed by atoms with Crippen LogP contribution in [0.1, 0.15) is 82.8 Å². The molecule has 0 unspecified atom stereocenters. The summed E-state index contributed by atoms with van der Waals surface area (Å²) in [5.74, 6) is -0.375. The average molecular weight is 407 g/mol. The van der Waals surface area contributed by atoms with Crippen molar-refractivity contribution in [3.8, 4) is 11.5 Å². The summed E-state index contributed by atoms with van der Waals surface area (Å²) < 4.78 is 5.15. The Balaban J connectivity index is 1.78. The van der Waals surface area contributed by atoms with Crippen LogP contribution in [0.4, 0.5) is 0 Å². The lowest BCUT2D eigenvalue weighted by molar-refractivity contribution is -0.147. The van der Waals surface area contributed by atoms with E-state index < -0.39 is 11.4 Å². The van der Waals surface area contributed by atoms with Gasteiger partial charge in [0.05, 0.1) is 5.41 Å². The second-order valence-corrected chi connectivity index (χ2v) is 8.97. The number of hydrogen-bond acceptors (Lipinski definition) is 5. The number of carboxylic acid groups (broad SMARTS) is 1. The van der Waals surface area contributed by atoms with Gasteiger partial charge in [-0.05, 0) is 94.9 Å². The first-order chi connectivity index (χ1) is 13.7. The summed E-state index contributed by atoms with van der Waals surface area (Å²) in [6, 6.07) is 3.22. The van der Waals surface area contributed by atoms with E-state index in [1.54, 1.807) is 26.0 Å². The molecule has 1 aromatic rings. The third-order valence-electron chi connectivity index (χ3n) is 6.01. The number of ether oxygens (including phenoxy) is 1. The molecule has 0 spiro atoms.